The van der Waals surface area contributed by atoms with Gasteiger partial charge in [-0.1, -0.05) is 6.42 Å². The number of fused-ring (bicyclic) bond motifs is 2. The molecule has 4 nitrogen and oxygen atoms in total. The van der Waals surface area contributed by atoms with Gasteiger partial charge in [-0.25, -0.2) is 4.98 Å². The summed E-state index contributed by atoms with van der Waals surface area (Å²) in [6.07, 6.45) is 9.11. The van der Waals surface area contributed by atoms with Crippen molar-refractivity contribution in [3.8, 4) is 0 Å². The van der Waals surface area contributed by atoms with E-state index in [1.54, 1.807) is 0 Å². The number of hydrogen-bond acceptors (Lipinski definition) is 3. The first-order valence-corrected chi connectivity index (χ1v) is 8.81. The highest BCUT2D eigenvalue weighted by Gasteiger charge is 2.16. The van der Waals surface area contributed by atoms with Crippen molar-refractivity contribution in [2.45, 2.75) is 51.5 Å². The molecule has 4 heteroatoms. The zero-order valence-corrected chi connectivity index (χ0v) is 13.4. The highest BCUT2D eigenvalue weighted by atomic mass is 15.2. The van der Waals surface area contributed by atoms with Crippen molar-refractivity contribution in [1.82, 2.24) is 14.5 Å². The van der Waals surface area contributed by atoms with Crippen LogP contribution in [0.1, 0.15) is 43.2 Å². The van der Waals surface area contributed by atoms with E-state index < -0.39 is 0 Å². The highest BCUT2D eigenvalue weighted by Crippen LogP contribution is 2.28. The van der Waals surface area contributed by atoms with Gasteiger partial charge in [-0.2, -0.15) is 0 Å². The summed E-state index contributed by atoms with van der Waals surface area (Å²) in [5.41, 5.74) is 11.5. The van der Waals surface area contributed by atoms with Crippen LogP contribution in [0.2, 0.25) is 0 Å². The van der Waals surface area contributed by atoms with Crippen LogP contribution in [0, 0.1) is 0 Å². The second-order valence-corrected chi connectivity index (χ2v) is 6.84. The number of nitrogens with zero attached hydrogens (tertiary/aromatic N) is 3. The maximum atomic E-state index is 6.20. The molecule has 4 rings (SSSR count). The van der Waals surface area contributed by atoms with E-state index in [9.17, 15) is 0 Å². The lowest BCUT2D eigenvalue weighted by Crippen LogP contribution is -2.32. The molecule has 2 heterocycles. The largest absolute Gasteiger partial charge is 0.369 e. The van der Waals surface area contributed by atoms with Gasteiger partial charge in [-0.3, -0.25) is 0 Å². The van der Waals surface area contributed by atoms with Crippen LogP contribution < -0.4 is 5.73 Å². The average molecular weight is 298 g/mol. The van der Waals surface area contributed by atoms with Gasteiger partial charge in [-0.05, 0) is 74.9 Å². The topological polar surface area (TPSA) is 47.1 Å². The third kappa shape index (κ3) is 2.60. The van der Waals surface area contributed by atoms with Crippen molar-refractivity contribution in [1.29, 1.82) is 0 Å². The molecule has 1 aromatic heterocycles. The Balaban J connectivity index is 1.60. The summed E-state index contributed by atoms with van der Waals surface area (Å²) in [7, 11) is 0. The van der Waals surface area contributed by atoms with E-state index in [0.717, 1.165) is 18.6 Å². The van der Waals surface area contributed by atoms with Crippen LogP contribution in [-0.2, 0) is 19.4 Å². The average Bonchev–Trinajstić information content (AvgIpc) is 2.86. The van der Waals surface area contributed by atoms with E-state index in [1.165, 1.54) is 74.7 Å². The van der Waals surface area contributed by atoms with E-state index in [0.29, 0.717) is 5.95 Å². The normalized spacial score (nSPS) is 19.5. The van der Waals surface area contributed by atoms with Crippen LogP contribution in [0.5, 0.6) is 0 Å². The standard InChI is InChI=1S/C18H26N4/c19-18-20-16-12-14-6-2-3-7-15(14)13-17(16)22(18)11-10-21-8-4-1-5-9-21/h12-13H,1-11H2,(H2,19,20). The fourth-order valence-electron chi connectivity index (χ4n) is 4.03. The van der Waals surface area contributed by atoms with Gasteiger partial charge in [0.2, 0.25) is 5.95 Å². The van der Waals surface area contributed by atoms with Gasteiger partial charge < -0.3 is 15.2 Å². The fourth-order valence-corrected chi connectivity index (χ4v) is 4.03. The molecule has 1 saturated heterocycles. The first-order valence-electron chi connectivity index (χ1n) is 8.81. The molecule has 118 valence electrons. The number of benzene rings is 1. The number of nitrogen functional groups attached to an aromatic ring is 1. The van der Waals surface area contributed by atoms with Crippen LogP contribution in [0.15, 0.2) is 12.1 Å². The summed E-state index contributed by atoms with van der Waals surface area (Å²) in [5.74, 6) is 0.675. The number of anilines is 1. The monoisotopic (exact) mass is 298 g/mol. The Kier molecular flexibility index (Phi) is 3.78. The van der Waals surface area contributed by atoms with Crippen molar-refractivity contribution in [2.24, 2.45) is 0 Å². The quantitative estimate of drug-likeness (QED) is 0.947. The zero-order chi connectivity index (χ0) is 14.9. The van der Waals surface area contributed by atoms with E-state index in [1.807, 2.05) is 0 Å². The summed E-state index contributed by atoms with van der Waals surface area (Å²) in [6, 6.07) is 4.63. The van der Waals surface area contributed by atoms with Crippen LogP contribution in [0.4, 0.5) is 5.95 Å². The van der Waals surface area contributed by atoms with Crippen molar-refractivity contribution >= 4 is 17.0 Å². The molecule has 0 unspecified atom stereocenters. The lowest BCUT2D eigenvalue weighted by atomic mass is 9.91. The second kappa shape index (κ2) is 5.92. The predicted molar refractivity (Wildman–Crippen MR) is 91.1 cm³/mol. The Morgan fingerprint density at radius 1 is 0.909 bits per heavy atom. The van der Waals surface area contributed by atoms with E-state index >= 15 is 0 Å². The van der Waals surface area contributed by atoms with Gasteiger partial charge in [0.1, 0.15) is 0 Å². The molecular formula is C18H26N4. The molecule has 0 amide bonds. The SMILES string of the molecule is Nc1nc2cc3c(cc2n1CCN1CCCCC1)CCCC3. The number of aromatic nitrogens is 2. The molecule has 22 heavy (non-hydrogen) atoms. The Labute approximate surface area is 132 Å². The molecular weight excluding hydrogens is 272 g/mol. The molecule has 2 aromatic rings. The maximum Gasteiger partial charge on any atom is 0.201 e. The Morgan fingerprint density at radius 2 is 1.64 bits per heavy atom. The maximum absolute atomic E-state index is 6.20. The molecule has 0 atom stereocenters. The summed E-state index contributed by atoms with van der Waals surface area (Å²) < 4.78 is 2.22. The Morgan fingerprint density at radius 3 is 2.41 bits per heavy atom. The van der Waals surface area contributed by atoms with Gasteiger partial charge in [0, 0.05) is 13.1 Å². The van der Waals surface area contributed by atoms with Crippen LogP contribution in [-0.4, -0.2) is 34.1 Å². The highest BCUT2D eigenvalue weighted by molar-refractivity contribution is 5.80. The summed E-state index contributed by atoms with van der Waals surface area (Å²) in [5, 5.41) is 0. The molecule has 0 spiro atoms. The van der Waals surface area contributed by atoms with Crippen LogP contribution in [0.3, 0.4) is 0 Å². The minimum absolute atomic E-state index is 0.675. The zero-order valence-electron chi connectivity index (χ0n) is 13.4. The number of rotatable bonds is 3. The van der Waals surface area contributed by atoms with Crippen LogP contribution >= 0.6 is 0 Å². The van der Waals surface area contributed by atoms with Gasteiger partial charge in [0.25, 0.3) is 0 Å². The van der Waals surface area contributed by atoms with Crippen molar-refractivity contribution in [2.75, 3.05) is 25.4 Å². The molecule has 1 aliphatic carbocycles. The van der Waals surface area contributed by atoms with Gasteiger partial charge in [0.05, 0.1) is 11.0 Å². The molecule has 2 aliphatic rings. The Hall–Kier alpha value is -1.55. The number of likely N-dealkylation sites (tertiary alicyclic amines) is 1. The van der Waals surface area contributed by atoms with Crippen molar-refractivity contribution in [3.63, 3.8) is 0 Å². The number of piperidine rings is 1. The third-order valence-corrected chi connectivity index (χ3v) is 5.33. The summed E-state index contributed by atoms with van der Waals surface area (Å²) in [6.45, 7) is 4.53. The minimum atomic E-state index is 0.675. The first kappa shape index (κ1) is 14.1. The molecule has 0 saturated carbocycles. The number of nitrogens with two attached hydrogens (primary N) is 1. The molecule has 0 bridgehead atoms. The lowest BCUT2D eigenvalue weighted by molar-refractivity contribution is 0.222. The van der Waals surface area contributed by atoms with Crippen molar-refractivity contribution in [3.05, 3.63) is 23.3 Å². The van der Waals surface area contributed by atoms with E-state index in [-0.39, 0.29) is 0 Å². The second-order valence-electron chi connectivity index (χ2n) is 6.84. The summed E-state index contributed by atoms with van der Waals surface area (Å²) >= 11 is 0. The predicted octanol–water partition coefficient (Wildman–Crippen LogP) is 2.98. The van der Waals surface area contributed by atoms with Gasteiger partial charge >= 0.3 is 0 Å². The smallest absolute Gasteiger partial charge is 0.201 e. The third-order valence-electron chi connectivity index (χ3n) is 5.33. The van der Waals surface area contributed by atoms with Crippen molar-refractivity contribution < 1.29 is 0 Å². The number of aryl methyl sites for hydroxylation is 2. The summed E-state index contributed by atoms with van der Waals surface area (Å²) in [4.78, 5) is 7.17. The van der Waals surface area contributed by atoms with Gasteiger partial charge in [0.15, 0.2) is 0 Å². The van der Waals surface area contributed by atoms with E-state index in [2.05, 4.69) is 26.6 Å². The Bertz CT molecular complexity index is 667. The molecule has 1 aromatic carbocycles. The molecule has 2 N–H and O–H groups in total. The number of hydrogen-bond donors (Lipinski definition) is 1. The molecule has 0 radical (unpaired) electrons. The van der Waals surface area contributed by atoms with E-state index in [4.69, 9.17) is 5.73 Å². The van der Waals surface area contributed by atoms with Crippen LogP contribution in [0.25, 0.3) is 11.0 Å². The fraction of sp³-hybridized carbons (Fsp3) is 0.611. The lowest BCUT2D eigenvalue weighted by Gasteiger charge is -2.26. The molecule has 1 aliphatic heterocycles. The minimum Gasteiger partial charge on any atom is -0.369 e. The molecule has 1 fully saturated rings. The number of imidazole rings is 1. The first-order chi connectivity index (χ1) is 10.8. The van der Waals surface area contributed by atoms with Gasteiger partial charge in [-0.15, -0.1) is 0 Å².